The zero-order valence-corrected chi connectivity index (χ0v) is 15.7. The van der Waals surface area contributed by atoms with E-state index in [4.69, 9.17) is 20.1 Å². The third-order valence-electron chi connectivity index (χ3n) is 2.70. The molecule has 2 rings (SSSR count). The number of benzene rings is 2. The molecule has 0 saturated heterocycles. The van der Waals surface area contributed by atoms with Crippen molar-refractivity contribution in [3.8, 4) is 11.5 Å². The van der Waals surface area contributed by atoms with Gasteiger partial charge in [-0.05, 0) is 35.4 Å². The molecule has 0 unspecified atom stereocenters. The molecule has 2 aromatic carbocycles. The van der Waals surface area contributed by atoms with E-state index < -0.39 is 0 Å². The molecular formula is C20H25BrO4. The van der Waals surface area contributed by atoms with Crippen molar-refractivity contribution < 1.29 is 20.1 Å². The van der Waals surface area contributed by atoms with Crippen molar-refractivity contribution in [1.82, 2.24) is 0 Å². The van der Waals surface area contributed by atoms with Crippen LogP contribution in [0.3, 0.4) is 0 Å². The van der Waals surface area contributed by atoms with Crippen LogP contribution in [0.25, 0.3) is 0 Å². The number of aromatic hydroxyl groups is 1. The van der Waals surface area contributed by atoms with Crippen molar-refractivity contribution in [3.05, 3.63) is 85.0 Å². The van der Waals surface area contributed by atoms with Crippen LogP contribution in [0, 0.1) is 0 Å². The van der Waals surface area contributed by atoms with Crippen LogP contribution in [0.5, 0.6) is 11.5 Å². The summed E-state index contributed by atoms with van der Waals surface area (Å²) < 4.78 is 5.25. The monoisotopic (exact) mass is 408 g/mol. The maximum atomic E-state index is 8.77. The van der Waals surface area contributed by atoms with E-state index >= 15 is 0 Å². The standard InChI is InChI=1S/C10H12O2.C7H8O2.C3H5Br/c1-2-7-12-10-5-3-9(8-11)4-6-10;8-5-6-1-3-7(9)4-2-6;1-2-3-4/h2-6,11H,1,7-8H2;1-4,8-9H,5H2;2H,1,3H2. The summed E-state index contributed by atoms with van der Waals surface area (Å²) in [6.07, 6.45) is 3.49. The second kappa shape index (κ2) is 15.4. The minimum absolute atomic E-state index is 0.0281. The third-order valence-corrected chi connectivity index (χ3v) is 3.16. The van der Waals surface area contributed by atoms with Gasteiger partial charge in [0.25, 0.3) is 0 Å². The highest BCUT2D eigenvalue weighted by atomic mass is 79.9. The number of halogens is 1. The van der Waals surface area contributed by atoms with Crippen LogP contribution in [-0.2, 0) is 13.2 Å². The van der Waals surface area contributed by atoms with Crippen molar-refractivity contribution >= 4 is 15.9 Å². The van der Waals surface area contributed by atoms with E-state index in [2.05, 4.69) is 29.1 Å². The number of aliphatic hydroxyl groups excluding tert-OH is 2. The highest BCUT2D eigenvalue weighted by Crippen LogP contribution is 2.11. The van der Waals surface area contributed by atoms with Crippen LogP contribution >= 0.6 is 15.9 Å². The molecule has 0 fully saturated rings. The minimum atomic E-state index is 0.0281. The molecule has 0 aliphatic rings. The number of rotatable bonds is 6. The fourth-order valence-electron chi connectivity index (χ4n) is 1.45. The first-order valence-electron chi connectivity index (χ1n) is 7.60. The fourth-order valence-corrected chi connectivity index (χ4v) is 1.45. The number of hydrogen-bond acceptors (Lipinski definition) is 4. The van der Waals surface area contributed by atoms with Gasteiger partial charge in [0.15, 0.2) is 0 Å². The number of aliphatic hydroxyl groups is 2. The van der Waals surface area contributed by atoms with E-state index in [0.717, 1.165) is 22.2 Å². The van der Waals surface area contributed by atoms with Gasteiger partial charge in [-0.2, -0.15) is 0 Å². The smallest absolute Gasteiger partial charge is 0.119 e. The highest BCUT2D eigenvalue weighted by molar-refractivity contribution is 9.09. The lowest BCUT2D eigenvalue weighted by Gasteiger charge is -2.02. The minimum Gasteiger partial charge on any atom is -0.508 e. The van der Waals surface area contributed by atoms with E-state index in [1.807, 2.05) is 24.3 Å². The maximum absolute atomic E-state index is 8.77. The van der Waals surface area contributed by atoms with Crippen LogP contribution in [-0.4, -0.2) is 27.3 Å². The summed E-state index contributed by atoms with van der Waals surface area (Å²) in [4.78, 5) is 0. The molecule has 0 radical (unpaired) electrons. The number of hydrogen-bond donors (Lipinski definition) is 3. The average Bonchev–Trinajstić information content (AvgIpc) is 2.68. The molecule has 0 saturated carbocycles. The van der Waals surface area contributed by atoms with Gasteiger partial charge in [0.05, 0.1) is 13.2 Å². The molecular weight excluding hydrogens is 384 g/mol. The molecule has 0 atom stereocenters. The molecule has 0 spiro atoms. The molecule has 0 aromatic heterocycles. The Labute approximate surface area is 157 Å². The highest BCUT2D eigenvalue weighted by Gasteiger charge is 1.92. The van der Waals surface area contributed by atoms with Gasteiger partial charge in [-0.15, -0.1) is 6.58 Å². The molecule has 0 bridgehead atoms. The van der Waals surface area contributed by atoms with Crippen LogP contribution in [0.1, 0.15) is 11.1 Å². The summed E-state index contributed by atoms with van der Waals surface area (Å²) in [5.41, 5.74) is 1.70. The molecule has 0 amide bonds. The Hall–Kier alpha value is -2.08. The fraction of sp³-hybridized carbons (Fsp3) is 0.200. The van der Waals surface area contributed by atoms with Crippen LogP contribution in [0.2, 0.25) is 0 Å². The number of phenols is 1. The first kappa shape index (κ1) is 22.9. The van der Waals surface area contributed by atoms with Gasteiger partial charge < -0.3 is 20.1 Å². The Kier molecular flexibility index (Phi) is 14.2. The molecule has 0 aliphatic carbocycles. The van der Waals surface area contributed by atoms with Crippen molar-refractivity contribution in [2.45, 2.75) is 13.2 Å². The molecule has 5 heteroatoms. The molecule has 4 nitrogen and oxygen atoms in total. The SMILES string of the molecule is C=CCBr.C=CCOc1ccc(CO)cc1.OCc1ccc(O)cc1. The number of ether oxygens (including phenoxy) is 1. The summed E-state index contributed by atoms with van der Waals surface area (Å²) in [6, 6.07) is 13.8. The van der Waals surface area contributed by atoms with E-state index in [-0.39, 0.29) is 19.0 Å². The van der Waals surface area contributed by atoms with Gasteiger partial charge in [0.1, 0.15) is 18.1 Å². The van der Waals surface area contributed by atoms with Crippen molar-refractivity contribution in [2.24, 2.45) is 0 Å². The largest absolute Gasteiger partial charge is 0.508 e. The van der Waals surface area contributed by atoms with E-state index in [1.54, 1.807) is 36.4 Å². The van der Waals surface area contributed by atoms with Crippen molar-refractivity contribution in [1.29, 1.82) is 0 Å². The van der Waals surface area contributed by atoms with Crippen LogP contribution < -0.4 is 4.74 Å². The van der Waals surface area contributed by atoms with Crippen LogP contribution in [0.4, 0.5) is 0 Å². The number of phenolic OH excluding ortho intramolecular Hbond substituents is 1. The lowest BCUT2D eigenvalue weighted by molar-refractivity contribution is 0.281. The van der Waals surface area contributed by atoms with Gasteiger partial charge in [-0.25, -0.2) is 0 Å². The third kappa shape index (κ3) is 12.0. The predicted molar refractivity (Wildman–Crippen MR) is 106 cm³/mol. The Morgan fingerprint density at radius 1 is 0.840 bits per heavy atom. The molecule has 136 valence electrons. The van der Waals surface area contributed by atoms with E-state index in [1.165, 1.54) is 0 Å². The molecule has 0 aliphatic heterocycles. The summed E-state index contributed by atoms with van der Waals surface area (Å²) >= 11 is 3.13. The Balaban J connectivity index is 0.000000391. The molecule has 0 heterocycles. The summed E-state index contributed by atoms with van der Waals surface area (Å²) in [7, 11) is 0. The Bertz CT molecular complexity index is 580. The normalized spacial score (nSPS) is 8.92. The Morgan fingerprint density at radius 3 is 1.64 bits per heavy atom. The zero-order valence-electron chi connectivity index (χ0n) is 14.1. The van der Waals surface area contributed by atoms with Crippen LogP contribution in [0.15, 0.2) is 73.8 Å². The molecule has 25 heavy (non-hydrogen) atoms. The number of allylic oxidation sites excluding steroid dienone is 1. The maximum Gasteiger partial charge on any atom is 0.119 e. The molecule has 2 aromatic rings. The second-order valence-electron chi connectivity index (χ2n) is 4.67. The second-order valence-corrected chi connectivity index (χ2v) is 5.32. The summed E-state index contributed by atoms with van der Waals surface area (Å²) in [5, 5.41) is 27.0. The van der Waals surface area contributed by atoms with Gasteiger partial charge >= 0.3 is 0 Å². The zero-order chi connectivity index (χ0) is 18.9. The van der Waals surface area contributed by atoms with E-state index in [9.17, 15) is 0 Å². The van der Waals surface area contributed by atoms with E-state index in [0.29, 0.717) is 6.61 Å². The van der Waals surface area contributed by atoms with Crippen molar-refractivity contribution in [3.63, 3.8) is 0 Å². The quantitative estimate of drug-likeness (QED) is 0.494. The lowest BCUT2D eigenvalue weighted by atomic mass is 10.2. The lowest BCUT2D eigenvalue weighted by Crippen LogP contribution is -1.92. The Morgan fingerprint density at radius 2 is 1.28 bits per heavy atom. The first-order chi connectivity index (χ1) is 12.1. The predicted octanol–water partition coefficient (Wildman–Crippen LogP) is 4.20. The summed E-state index contributed by atoms with van der Waals surface area (Å²) in [5.74, 6) is 1.03. The van der Waals surface area contributed by atoms with Crippen molar-refractivity contribution in [2.75, 3.05) is 11.9 Å². The molecule has 3 N–H and O–H groups in total. The van der Waals surface area contributed by atoms with Gasteiger partial charge in [0, 0.05) is 5.33 Å². The van der Waals surface area contributed by atoms with Gasteiger partial charge in [-0.1, -0.05) is 58.9 Å². The average molecular weight is 409 g/mol. The van der Waals surface area contributed by atoms with Gasteiger partial charge in [-0.3, -0.25) is 0 Å². The van der Waals surface area contributed by atoms with Gasteiger partial charge in [0.2, 0.25) is 0 Å². The first-order valence-corrected chi connectivity index (χ1v) is 8.72. The topological polar surface area (TPSA) is 69.9 Å². The summed E-state index contributed by atoms with van der Waals surface area (Å²) in [6.45, 7) is 7.59. The number of alkyl halides is 1.